The summed E-state index contributed by atoms with van der Waals surface area (Å²) in [6, 6.07) is 10.8. The van der Waals surface area contributed by atoms with E-state index in [1.54, 1.807) is 4.90 Å². The van der Waals surface area contributed by atoms with Crippen LogP contribution in [0.5, 0.6) is 0 Å². The summed E-state index contributed by atoms with van der Waals surface area (Å²) in [4.78, 5) is 20.0. The molecule has 1 fully saturated rings. The van der Waals surface area contributed by atoms with Gasteiger partial charge >= 0.3 is 6.18 Å². The second-order valence-electron chi connectivity index (χ2n) is 6.11. The SMILES string of the molecule is O=C(c1ncc(C(F)(F)F)cc1Cl)N1CCN(Cc2ccccc2)CC1. The molecule has 1 saturated heterocycles. The van der Waals surface area contributed by atoms with Gasteiger partial charge in [-0.2, -0.15) is 13.2 Å². The number of benzene rings is 1. The van der Waals surface area contributed by atoms with Gasteiger partial charge in [-0.1, -0.05) is 41.9 Å². The number of alkyl halides is 3. The zero-order chi connectivity index (χ0) is 18.7. The van der Waals surface area contributed by atoms with Crippen molar-refractivity contribution in [3.8, 4) is 0 Å². The van der Waals surface area contributed by atoms with E-state index >= 15 is 0 Å². The van der Waals surface area contributed by atoms with E-state index in [0.717, 1.165) is 12.6 Å². The molecule has 2 heterocycles. The van der Waals surface area contributed by atoms with Gasteiger partial charge in [0.25, 0.3) is 5.91 Å². The van der Waals surface area contributed by atoms with Crippen molar-refractivity contribution in [3.05, 3.63) is 64.4 Å². The Labute approximate surface area is 154 Å². The Balaban J connectivity index is 1.62. The lowest BCUT2D eigenvalue weighted by atomic mass is 10.2. The van der Waals surface area contributed by atoms with Gasteiger partial charge in [-0.3, -0.25) is 9.69 Å². The highest BCUT2D eigenvalue weighted by atomic mass is 35.5. The average Bonchev–Trinajstić information content (AvgIpc) is 2.62. The molecule has 0 saturated carbocycles. The van der Waals surface area contributed by atoms with Crippen molar-refractivity contribution in [1.29, 1.82) is 0 Å². The van der Waals surface area contributed by atoms with E-state index in [9.17, 15) is 18.0 Å². The maximum atomic E-state index is 12.7. The molecule has 0 atom stereocenters. The first-order valence-corrected chi connectivity index (χ1v) is 8.50. The predicted molar refractivity (Wildman–Crippen MR) is 91.9 cm³/mol. The highest BCUT2D eigenvalue weighted by Gasteiger charge is 2.33. The molecule has 4 nitrogen and oxygen atoms in total. The summed E-state index contributed by atoms with van der Waals surface area (Å²) >= 11 is 5.87. The van der Waals surface area contributed by atoms with E-state index in [1.165, 1.54) is 5.56 Å². The summed E-state index contributed by atoms with van der Waals surface area (Å²) in [7, 11) is 0. The van der Waals surface area contributed by atoms with Crippen LogP contribution in [-0.2, 0) is 12.7 Å². The molecule has 1 aromatic carbocycles. The van der Waals surface area contributed by atoms with Gasteiger partial charge in [0.15, 0.2) is 0 Å². The fraction of sp³-hybridized carbons (Fsp3) is 0.333. The second kappa shape index (κ2) is 7.63. The molecule has 26 heavy (non-hydrogen) atoms. The molecule has 8 heteroatoms. The fourth-order valence-electron chi connectivity index (χ4n) is 2.85. The Morgan fingerprint density at radius 2 is 1.77 bits per heavy atom. The minimum Gasteiger partial charge on any atom is -0.335 e. The summed E-state index contributed by atoms with van der Waals surface area (Å²) < 4.78 is 38.0. The van der Waals surface area contributed by atoms with Crippen molar-refractivity contribution in [3.63, 3.8) is 0 Å². The summed E-state index contributed by atoms with van der Waals surface area (Å²) in [5.41, 5.74) is 0.0858. The largest absolute Gasteiger partial charge is 0.417 e. The average molecular weight is 384 g/mol. The first-order valence-electron chi connectivity index (χ1n) is 8.13. The van der Waals surface area contributed by atoms with Gasteiger partial charge < -0.3 is 4.90 Å². The molecule has 0 N–H and O–H groups in total. The first-order chi connectivity index (χ1) is 12.3. The zero-order valence-corrected chi connectivity index (χ0v) is 14.6. The Hall–Kier alpha value is -2.12. The lowest BCUT2D eigenvalue weighted by Gasteiger charge is -2.34. The van der Waals surface area contributed by atoms with E-state index in [-0.39, 0.29) is 10.7 Å². The third-order valence-electron chi connectivity index (χ3n) is 4.28. The fourth-order valence-corrected chi connectivity index (χ4v) is 3.10. The van der Waals surface area contributed by atoms with E-state index in [0.29, 0.717) is 32.4 Å². The standard InChI is InChI=1S/C18H17ClF3N3O/c19-15-10-14(18(20,21)22)11-23-16(15)17(26)25-8-6-24(7-9-25)12-13-4-2-1-3-5-13/h1-5,10-11H,6-9,12H2. The van der Waals surface area contributed by atoms with Crippen molar-refractivity contribution in [1.82, 2.24) is 14.8 Å². The van der Waals surface area contributed by atoms with Crippen LogP contribution in [0.2, 0.25) is 5.02 Å². The monoisotopic (exact) mass is 383 g/mol. The highest BCUT2D eigenvalue weighted by Crippen LogP contribution is 2.31. The van der Waals surface area contributed by atoms with E-state index in [4.69, 9.17) is 11.6 Å². The van der Waals surface area contributed by atoms with Crippen LogP contribution >= 0.6 is 11.6 Å². The zero-order valence-electron chi connectivity index (χ0n) is 13.8. The molecule has 0 spiro atoms. The number of aromatic nitrogens is 1. The maximum Gasteiger partial charge on any atom is 0.417 e. The lowest BCUT2D eigenvalue weighted by Crippen LogP contribution is -2.48. The number of piperazine rings is 1. The number of carbonyl (C=O) groups excluding carboxylic acids is 1. The molecule has 1 aliphatic heterocycles. The quantitative estimate of drug-likeness (QED) is 0.810. The van der Waals surface area contributed by atoms with Gasteiger partial charge in [0.1, 0.15) is 5.69 Å². The Kier molecular flexibility index (Phi) is 5.48. The molecule has 2 aromatic rings. The van der Waals surface area contributed by atoms with Gasteiger partial charge in [-0.25, -0.2) is 4.98 Å². The van der Waals surface area contributed by atoms with Crippen LogP contribution in [-0.4, -0.2) is 46.9 Å². The van der Waals surface area contributed by atoms with Gasteiger partial charge in [-0.05, 0) is 11.6 Å². The third-order valence-corrected chi connectivity index (χ3v) is 4.57. The number of nitrogens with zero attached hydrogens (tertiary/aromatic N) is 3. The lowest BCUT2D eigenvalue weighted by molar-refractivity contribution is -0.137. The topological polar surface area (TPSA) is 36.4 Å². The van der Waals surface area contributed by atoms with Crippen molar-refractivity contribution in [2.75, 3.05) is 26.2 Å². The number of amides is 1. The Bertz CT molecular complexity index is 775. The minimum absolute atomic E-state index is 0.142. The molecule has 1 aliphatic rings. The Morgan fingerprint density at radius 3 is 2.35 bits per heavy atom. The summed E-state index contributed by atoms with van der Waals surface area (Å²) in [6.45, 7) is 3.11. The van der Waals surface area contributed by atoms with Crippen molar-refractivity contribution < 1.29 is 18.0 Å². The Morgan fingerprint density at radius 1 is 1.12 bits per heavy atom. The number of hydrogen-bond donors (Lipinski definition) is 0. The van der Waals surface area contributed by atoms with Crippen LogP contribution in [0.25, 0.3) is 0 Å². The van der Waals surface area contributed by atoms with E-state index < -0.39 is 17.6 Å². The molecule has 1 amide bonds. The molecule has 0 unspecified atom stereocenters. The summed E-state index contributed by atoms with van der Waals surface area (Å²) in [5.74, 6) is -0.442. The maximum absolute atomic E-state index is 12.7. The first kappa shape index (κ1) is 18.7. The number of halogens is 4. The molecule has 1 aromatic heterocycles. The van der Waals surface area contributed by atoms with Crippen LogP contribution in [0.4, 0.5) is 13.2 Å². The van der Waals surface area contributed by atoms with Gasteiger partial charge in [0.05, 0.1) is 10.6 Å². The summed E-state index contributed by atoms with van der Waals surface area (Å²) in [6.07, 6.45) is -3.90. The van der Waals surface area contributed by atoms with E-state index in [1.807, 2.05) is 30.3 Å². The van der Waals surface area contributed by atoms with Gasteiger partial charge in [0, 0.05) is 38.9 Å². The summed E-state index contributed by atoms with van der Waals surface area (Å²) in [5, 5.41) is -0.281. The number of rotatable bonds is 3. The highest BCUT2D eigenvalue weighted by molar-refractivity contribution is 6.33. The normalized spacial score (nSPS) is 15.9. The van der Waals surface area contributed by atoms with Gasteiger partial charge in [-0.15, -0.1) is 0 Å². The molecule has 0 radical (unpaired) electrons. The molecule has 0 aliphatic carbocycles. The van der Waals surface area contributed by atoms with E-state index in [2.05, 4.69) is 9.88 Å². The number of carbonyl (C=O) groups is 1. The molecule has 0 bridgehead atoms. The van der Waals surface area contributed by atoms with Crippen molar-refractivity contribution >= 4 is 17.5 Å². The molecule has 138 valence electrons. The molecule has 3 rings (SSSR count). The van der Waals surface area contributed by atoms with Crippen LogP contribution in [0.1, 0.15) is 21.6 Å². The third kappa shape index (κ3) is 4.34. The minimum atomic E-state index is -4.54. The predicted octanol–water partition coefficient (Wildman–Crippen LogP) is 3.71. The van der Waals surface area contributed by atoms with Gasteiger partial charge in [0.2, 0.25) is 0 Å². The van der Waals surface area contributed by atoms with Crippen LogP contribution in [0.3, 0.4) is 0 Å². The number of pyridine rings is 1. The van der Waals surface area contributed by atoms with Crippen LogP contribution in [0, 0.1) is 0 Å². The molecular formula is C18H17ClF3N3O. The second-order valence-corrected chi connectivity index (χ2v) is 6.51. The molecular weight excluding hydrogens is 367 g/mol. The van der Waals surface area contributed by atoms with Crippen molar-refractivity contribution in [2.45, 2.75) is 12.7 Å². The van der Waals surface area contributed by atoms with Crippen molar-refractivity contribution in [2.24, 2.45) is 0 Å². The smallest absolute Gasteiger partial charge is 0.335 e. The van der Waals surface area contributed by atoms with Crippen LogP contribution in [0.15, 0.2) is 42.6 Å². The number of hydrogen-bond acceptors (Lipinski definition) is 3. The van der Waals surface area contributed by atoms with Crippen LogP contribution < -0.4 is 0 Å².